The molecule has 114 valence electrons. The quantitative estimate of drug-likeness (QED) is 0.819. The van der Waals surface area contributed by atoms with Gasteiger partial charge in [-0.1, -0.05) is 0 Å². The molecule has 1 amide bonds. The smallest absolute Gasteiger partial charge is 0.328 e. The second-order valence-corrected chi connectivity index (χ2v) is 6.25. The first-order valence-electron chi connectivity index (χ1n) is 6.84. The Labute approximate surface area is 127 Å². The van der Waals surface area contributed by atoms with Gasteiger partial charge >= 0.3 is 5.97 Å². The number of hydrogen-bond acceptors (Lipinski definition) is 4. The first-order chi connectivity index (χ1) is 9.99. The summed E-state index contributed by atoms with van der Waals surface area (Å²) in [6.07, 6.45) is 5.58. The summed E-state index contributed by atoms with van der Waals surface area (Å²) in [6.45, 7) is 1.87. The van der Waals surface area contributed by atoms with E-state index in [1.165, 1.54) is 17.4 Å². The monoisotopic (exact) mass is 309 g/mol. The van der Waals surface area contributed by atoms with Crippen LogP contribution in [0.15, 0.2) is 12.1 Å². The lowest BCUT2D eigenvalue weighted by Crippen LogP contribution is -2.32. The van der Waals surface area contributed by atoms with Crippen molar-refractivity contribution in [2.75, 3.05) is 7.11 Å². The topological polar surface area (TPSA) is 75.6 Å². The van der Waals surface area contributed by atoms with Crippen molar-refractivity contribution in [2.24, 2.45) is 0 Å². The van der Waals surface area contributed by atoms with Crippen molar-refractivity contribution in [1.82, 2.24) is 5.32 Å². The maximum Gasteiger partial charge on any atom is 0.328 e. The largest absolute Gasteiger partial charge is 0.478 e. The number of hydrogen-bond donors (Lipinski definition) is 2. The van der Waals surface area contributed by atoms with Crippen LogP contribution in [0.3, 0.4) is 0 Å². The molecule has 1 aromatic heterocycles. The van der Waals surface area contributed by atoms with E-state index in [0.717, 1.165) is 35.8 Å². The molecule has 1 aromatic rings. The Bertz CT molecular complexity index is 564. The van der Waals surface area contributed by atoms with Gasteiger partial charge in [-0.05, 0) is 43.9 Å². The third kappa shape index (κ3) is 4.15. The van der Waals surface area contributed by atoms with E-state index in [2.05, 4.69) is 5.32 Å². The van der Waals surface area contributed by atoms with E-state index in [-0.39, 0.29) is 18.1 Å². The molecule has 0 saturated heterocycles. The summed E-state index contributed by atoms with van der Waals surface area (Å²) in [7, 11) is 1.69. The van der Waals surface area contributed by atoms with Gasteiger partial charge in [0.2, 0.25) is 0 Å². The fourth-order valence-electron chi connectivity index (χ4n) is 2.46. The van der Waals surface area contributed by atoms with E-state index in [9.17, 15) is 9.59 Å². The highest BCUT2D eigenvalue weighted by atomic mass is 32.1. The van der Waals surface area contributed by atoms with Gasteiger partial charge in [-0.3, -0.25) is 4.79 Å². The zero-order chi connectivity index (χ0) is 15.4. The SMILES string of the molecule is COC1CCC(NC(=O)c2cc(C)c(/C=C/C(=O)O)s2)C1. The Morgan fingerprint density at radius 3 is 2.86 bits per heavy atom. The number of carboxylic acid groups (broad SMARTS) is 1. The van der Waals surface area contributed by atoms with Gasteiger partial charge in [-0.15, -0.1) is 11.3 Å². The second-order valence-electron chi connectivity index (χ2n) is 5.17. The molecule has 2 atom stereocenters. The van der Waals surface area contributed by atoms with Crippen molar-refractivity contribution in [3.8, 4) is 0 Å². The van der Waals surface area contributed by atoms with E-state index in [0.29, 0.717) is 4.88 Å². The lowest BCUT2D eigenvalue weighted by atomic mass is 10.2. The average molecular weight is 309 g/mol. The molecule has 1 fully saturated rings. The number of rotatable bonds is 5. The Morgan fingerprint density at radius 1 is 1.48 bits per heavy atom. The molecule has 0 aliphatic heterocycles. The van der Waals surface area contributed by atoms with Crippen LogP contribution in [0.1, 0.15) is 39.4 Å². The van der Waals surface area contributed by atoms with Crippen molar-refractivity contribution >= 4 is 29.3 Å². The zero-order valence-electron chi connectivity index (χ0n) is 12.1. The summed E-state index contributed by atoms with van der Waals surface area (Å²) >= 11 is 1.31. The predicted molar refractivity (Wildman–Crippen MR) is 81.6 cm³/mol. The van der Waals surface area contributed by atoms with Crippen LogP contribution in [0, 0.1) is 6.92 Å². The third-order valence-corrected chi connectivity index (χ3v) is 4.81. The highest BCUT2D eigenvalue weighted by Gasteiger charge is 2.26. The van der Waals surface area contributed by atoms with E-state index in [4.69, 9.17) is 9.84 Å². The zero-order valence-corrected chi connectivity index (χ0v) is 12.9. The summed E-state index contributed by atoms with van der Waals surface area (Å²) < 4.78 is 5.29. The van der Waals surface area contributed by atoms with Gasteiger partial charge in [0.1, 0.15) is 0 Å². The molecular formula is C15H19NO4S. The van der Waals surface area contributed by atoms with Gasteiger partial charge in [0, 0.05) is 24.1 Å². The summed E-state index contributed by atoms with van der Waals surface area (Å²) in [6, 6.07) is 1.95. The minimum atomic E-state index is -0.995. The van der Waals surface area contributed by atoms with Gasteiger partial charge < -0.3 is 15.2 Å². The molecule has 21 heavy (non-hydrogen) atoms. The second kappa shape index (κ2) is 6.87. The Hall–Kier alpha value is -1.66. The molecular weight excluding hydrogens is 290 g/mol. The minimum Gasteiger partial charge on any atom is -0.478 e. The number of carboxylic acids is 1. The molecule has 1 aliphatic rings. The lowest BCUT2D eigenvalue weighted by Gasteiger charge is -2.11. The molecule has 2 rings (SSSR count). The maximum atomic E-state index is 12.2. The maximum absolute atomic E-state index is 12.2. The van der Waals surface area contributed by atoms with Gasteiger partial charge in [-0.2, -0.15) is 0 Å². The van der Waals surface area contributed by atoms with Crippen LogP contribution in [-0.2, 0) is 9.53 Å². The molecule has 1 aliphatic carbocycles. The van der Waals surface area contributed by atoms with Gasteiger partial charge in [0.25, 0.3) is 5.91 Å². The average Bonchev–Trinajstić information content (AvgIpc) is 3.03. The fourth-order valence-corrected chi connectivity index (χ4v) is 3.44. The molecule has 0 bridgehead atoms. The van der Waals surface area contributed by atoms with Crippen LogP contribution in [-0.4, -0.2) is 36.2 Å². The van der Waals surface area contributed by atoms with Crippen LogP contribution < -0.4 is 5.32 Å². The molecule has 1 saturated carbocycles. The number of amides is 1. The lowest BCUT2D eigenvalue weighted by molar-refractivity contribution is -0.131. The molecule has 1 heterocycles. The van der Waals surface area contributed by atoms with E-state index in [1.807, 2.05) is 6.92 Å². The number of nitrogens with one attached hydrogen (secondary N) is 1. The fraction of sp³-hybridized carbons (Fsp3) is 0.467. The first-order valence-corrected chi connectivity index (χ1v) is 7.66. The summed E-state index contributed by atoms with van der Waals surface area (Å²) in [5.41, 5.74) is 0.906. The van der Waals surface area contributed by atoms with Crippen LogP contribution in [0.2, 0.25) is 0 Å². The Balaban J connectivity index is 2.00. The normalized spacial score (nSPS) is 21.8. The van der Waals surface area contributed by atoms with Crippen LogP contribution in [0.5, 0.6) is 0 Å². The third-order valence-electron chi connectivity index (χ3n) is 3.61. The van der Waals surface area contributed by atoms with Crippen molar-refractivity contribution in [1.29, 1.82) is 0 Å². The number of ether oxygens (including phenoxy) is 1. The summed E-state index contributed by atoms with van der Waals surface area (Å²) in [4.78, 5) is 24.2. The highest BCUT2D eigenvalue weighted by Crippen LogP contribution is 2.25. The van der Waals surface area contributed by atoms with Crippen molar-refractivity contribution in [3.63, 3.8) is 0 Å². The number of carbonyl (C=O) groups is 2. The number of carbonyl (C=O) groups excluding carboxylic acids is 1. The van der Waals surface area contributed by atoms with Crippen molar-refractivity contribution in [2.45, 2.75) is 38.3 Å². The van der Waals surface area contributed by atoms with Crippen molar-refractivity contribution < 1.29 is 19.4 Å². The van der Waals surface area contributed by atoms with E-state index >= 15 is 0 Å². The molecule has 0 spiro atoms. The van der Waals surface area contributed by atoms with Crippen molar-refractivity contribution in [3.05, 3.63) is 27.5 Å². The molecule has 2 unspecified atom stereocenters. The minimum absolute atomic E-state index is 0.0974. The van der Waals surface area contributed by atoms with Gasteiger partial charge in [-0.25, -0.2) is 4.79 Å². The molecule has 0 aromatic carbocycles. The molecule has 0 radical (unpaired) electrons. The van der Waals surface area contributed by atoms with Crippen LogP contribution >= 0.6 is 11.3 Å². The Kier molecular flexibility index (Phi) is 5.14. The Morgan fingerprint density at radius 2 is 2.24 bits per heavy atom. The number of methoxy groups -OCH3 is 1. The van der Waals surface area contributed by atoms with E-state index in [1.54, 1.807) is 13.2 Å². The number of aliphatic carboxylic acids is 1. The number of thiophene rings is 1. The van der Waals surface area contributed by atoms with Crippen LogP contribution in [0.4, 0.5) is 0 Å². The van der Waals surface area contributed by atoms with E-state index < -0.39 is 5.97 Å². The highest BCUT2D eigenvalue weighted by molar-refractivity contribution is 7.15. The summed E-state index contributed by atoms with van der Waals surface area (Å²) in [5.74, 6) is -1.09. The van der Waals surface area contributed by atoms with Crippen LogP contribution in [0.25, 0.3) is 6.08 Å². The molecule has 6 heteroatoms. The molecule has 2 N–H and O–H groups in total. The standard InChI is InChI=1S/C15H19NO4S/c1-9-7-13(21-12(9)5-6-14(17)18)15(19)16-10-3-4-11(8-10)20-2/h5-7,10-11H,3-4,8H2,1-2H3,(H,16,19)(H,17,18)/b6-5+. The van der Waals surface area contributed by atoms with Gasteiger partial charge in [0.15, 0.2) is 0 Å². The molecule has 5 nitrogen and oxygen atoms in total. The summed E-state index contributed by atoms with van der Waals surface area (Å²) in [5, 5.41) is 11.7. The predicted octanol–water partition coefficient (Wildman–Crippen LogP) is 2.45. The van der Waals surface area contributed by atoms with Gasteiger partial charge in [0.05, 0.1) is 11.0 Å². The number of aryl methyl sites for hydroxylation is 1. The first kappa shape index (κ1) is 15.7.